The average molecular weight is 382 g/mol. The van der Waals surface area contributed by atoms with Crippen molar-refractivity contribution in [3.05, 3.63) is 69.1 Å². The molecule has 5 heteroatoms. The van der Waals surface area contributed by atoms with Crippen molar-refractivity contribution < 1.29 is 18.8 Å². The van der Waals surface area contributed by atoms with Crippen molar-refractivity contribution in [1.82, 2.24) is 0 Å². The zero-order chi connectivity index (χ0) is 20.3. The molecule has 2 aromatic carbocycles. The van der Waals surface area contributed by atoms with Gasteiger partial charge in [0, 0.05) is 23.4 Å². The van der Waals surface area contributed by atoms with Crippen LogP contribution in [-0.2, 0) is 13.0 Å². The van der Waals surface area contributed by atoms with Crippen molar-refractivity contribution in [2.45, 2.75) is 26.8 Å². The minimum atomic E-state index is -0.288. The largest absolute Gasteiger partial charge is 0.493 e. The lowest BCUT2D eigenvalue weighted by molar-refractivity contribution is -0.893. The standard InChI is InChI=1S/C23H27NO4/c1-15-6-8-19-18(13-22(25)28-23(19)16(15)2)14-24(3)11-10-17-7-9-20(26-4)21(12-17)27-5/h6-9,12-13H,10-11,14H2,1-5H3/p+1. The third-order valence-corrected chi connectivity index (χ3v) is 5.30. The number of hydrogen-bond donors (Lipinski definition) is 1. The summed E-state index contributed by atoms with van der Waals surface area (Å²) in [6, 6.07) is 11.8. The van der Waals surface area contributed by atoms with E-state index >= 15 is 0 Å². The molecule has 1 atom stereocenters. The predicted octanol–water partition coefficient (Wildman–Crippen LogP) is 2.68. The molecule has 0 aliphatic carbocycles. The SMILES string of the molecule is COc1ccc(CC[NH+](C)Cc2cc(=O)oc3c(C)c(C)ccc23)cc1OC. The van der Waals surface area contributed by atoms with E-state index in [1.165, 1.54) is 10.5 Å². The maximum atomic E-state index is 12.1. The number of benzene rings is 2. The Bertz CT molecular complexity index is 1040. The maximum absolute atomic E-state index is 12.1. The van der Waals surface area contributed by atoms with E-state index in [0.717, 1.165) is 53.1 Å². The third kappa shape index (κ3) is 4.20. The molecule has 0 saturated heterocycles. The van der Waals surface area contributed by atoms with Gasteiger partial charge in [0.05, 0.1) is 27.8 Å². The first-order valence-electron chi connectivity index (χ1n) is 9.48. The van der Waals surface area contributed by atoms with Gasteiger partial charge in [-0.15, -0.1) is 0 Å². The van der Waals surface area contributed by atoms with Crippen molar-refractivity contribution >= 4 is 11.0 Å². The number of likely N-dealkylation sites (N-methyl/N-ethyl adjacent to an activating group) is 1. The lowest BCUT2D eigenvalue weighted by Crippen LogP contribution is -3.07. The fourth-order valence-corrected chi connectivity index (χ4v) is 3.48. The number of ether oxygens (including phenoxy) is 2. The first-order chi connectivity index (χ1) is 13.4. The van der Waals surface area contributed by atoms with Gasteiger partial charge in [0.2, 0.25) is 0 Å². The van der Waals surface area contributed by atoms with Gasteiger partial charge in [-0.1, -0.05) is 18.2 Å². The Morgan fingerprint density at radius 3 is 2.46 bits per heavy atom. The van der Waals surface area contributed by atoms with Crippen LogP contribution in [0, 0.1) is 13.8 Å². The summed E-state index contributed by atoms with van der Waals surface area (Å²) in [6.45, 7) is 5.72. The Morgan fingerprint density at radius 2 is 1.75 bits per heavy atom. The average Bonchev–Trinajstić information content (AvgIpc) is 2.69. The van der Waals surface area contributed by atoms with E-state index < -0.39 is 0 Å². The van der Waals surface area contributed by atoms with Gasteiger partial charge in [-0.3, -0.25) is 0 Å². The topological polar surface area (TPSA) is 53.1 Å². The van der Waals surface area contributed by atoms with E-state index in [2.05, 4.69) is 25.2 Å². The van der Waals surface area contributed by atoms with Crippen LogP contribution in [0.5, 0.6) is 11.5 Å². The highest BCUT2D eigenvalue weighted by molar-refractivity contribution is 5.83. The summed E-state index contributed by atoms with van der Waals surface area (Å²) in [5, 5.41) is 1.02. The van der Waals surface area contributed by atoms with Crippen LogP contribution in [0.1, 0.15) is 22.3 Å². The van der Waals surface area contributed by atoms with Gasteiger partial charge in [-0.25, -0.2) is 4.79 Å². The van der Waals surface area contributed by atoms with Crippen molar-refractivity contribution in [1.29, 1.82) is 0 Å². The molecular formula is C23H28NO4+. The Morgan fingerprint density at radius 1 is 1.00 bits per heavy atom. The Labute approximate surface area is 165 Å². The molecule has 5 nitrogen and oxygen atoms in total. The van der Waals surface area contributed by atoms with E-state index in [4.69, 9.17) is 13.9 Å². The van der Waals surface area contributed by atoms with E-state index in [9.17, 15) is 4.79 Å². The van der Waals surface area contributed by atoms with Crippen LogP contribution < -0.4 is 20.0 Å². The van der Waals surface area contributed by atoms with Crippen molar-refractivity contribution in [2.75, 3.05) is 27.8 Å². The summed E-state index contributed by atoms with van der Waals surface area (Å²) in [5.41, 5.74) is 4.79. The lowest BCUT2D eigenvalue weighted by atomic mass is 10.0. The maximum Gasteiger partial charge on any atom is 0.336 e. The smallest absolute Gasteiger partial charge is 0.336 e. The highest BCUT2D eigenvalue weighted by atomic mass is 16.5. The second-order valence-electron chi connectivity index (χ2n) is 7.30. The number of methoxy groups -OCH3 is 2. The number of hydrogen-bond acceptors (Lipinski definition) is 4. The fourth-order valence-electron chi connectivity index (χ4n) is 3.48. The van der Waals surface area contributed by atoms with E-state index in [1.54, 1.807) is 20.3 Å². The molecule has 1 unspecified atom stereocenters. The third-order valence-electron chi connectivity index (χ3n) is 5.30. The Hall–Kier alpha value is -2.79. The van der Waals surface area contributed by atoms with Crippen LogP contribution in [0.4, 0.5) is 0 Å². The molecule has 0 radical (unpaired) electrons. The van der Waals surface area contributed by atoms with Crippen molar-refractivity contribution in [3.8, 4) is 11.5 Å². The van der Waals surface area contributed by atoms with Gasteiger partial charge in [0.25, 0.3) is 0 Å². The molecule has 0 amide bonds. The van der Waals surface area contributed by atoms with Crippen LogP contribution in [0.3, 0.4) is 0 Å². The summed E-state index contributed by atoms with van der Waals surface area (Å²) in [5.74, 6) is 1.48. The molecule has 3 aromatic rings. The monoisotopic (exact) mass is 382 g/mol. The normalized spacial score (nSPS) is 12.2. The second-order valence-corrected chi connectivity index (χ2v) is 7.30. The van der Waals surface area contributed by atoms with Gasteiger partial charge < -0.3 is 18.8 Å². The van der Waals surface area contributed by atoms with Crippen LogP contribution in [0.15, 0.2) is 45.6 Å². The minimum Gasteiger partial charge on any atom is -0.493 e. The van der Waals surface area contributed by atoms with E-state index in [0.29, 0.717) is 5.58 Å². The van der Waals surface area contributed by atoms with E-state index in [1.807, 2.05) is 26.0 Å². The fraction of sp³-hybridized carbons (Fsp3) is 0.348. The molecule has 148 valence electrons. The number of fused-ring (bicyclic) bond motifs is 1. The van der Waals surface area contributed by atoms with Gasteiger partial charge >= 0.3 is 5.63 Å². The van der Waals surface area contributed by atoms with Crippen LogP contribution in [-0.4, -0.2) is 27.8 Å². The number of aryl methyl sites for hydroxylation is 2. The summed E-state index contributed by atoms with van der Waals surface area (Å²) >= 11 is 0. The first-order valence-corrected chi connectivity index (χ1v) is 9.48. The minimum absolute atomic E-state index is 0.288. The molecule has 0 bridgehead atoms. The molecule has 3 rings (SSSR count). The first kappa shape index (κ1) is 20.0. The van der Waals surface area contributed by atoms with Crippen LogP contribution >= 0.6 is 0 Å². The number of rotatable bonds is 7. The van der Waals surface area contributed by atoms with Gasteiger partial charge in [-0.05, 0) is 42.7 Å². The molecule has 0 aliphatic heterocycles. The highest BCUT2D eigenvalue weighted by Gasteiger charge is 2.13. The van der Waals surface area contributed by atoms with Gasteiger partial charge in [-0.2, -0.15) is 0 Å². The molecule has 1 aromatic heterocycles. The predicted molar refractivity (Wildman–Crippen MR) is 111 cm³/mol. The zero-order valence-corrected chi connectivity index (χ0v) is 17.2. The number of quaternary nitrogens is 1. The summed E-state index contributed by atoms with van der Waals surface area (Å²) < 4.78 is 16.2. The van der Waals surface area contributed by atoms with Crippen LogP contribution in [0.25, 0.3) is 11.0 Å². The van der Waals surface area contributed by atoms with Crippen molar-refractivity contribution in [2.24, 2.45) is 0 Å². The molecule has 0 saturated carbocycles. The zero-order valence-electron chi connectivity index (χ0n) is 17.2. The Kier molecular flexibility index (Phi) is 6.05. The molecular weight excluding hydrogens is 354 g/mol. The van der Waals surface area contributed by atoms with Crippen molar-refractivity contribution in [3.63, 3.8) is 0 Å². The quantitative estimate of drug-likeness (QED) is 0.639. The Balaban J connectivity index is 1.76. The molecule has 1 heterocycles. The summed E-state index contributed by atoms with van der Waals surface area (Å²) in [7, 11) is 5.43. The summed E-state index contributed by atoms with van der Waals surface area (Å²) in [4.78, 5) is 13.4. The molecule has 28 heavy (non-hydrogen) atoms. The molecule has 1 N–H and O–H groups in total. The van der Waals surface area contributed by atoms with Crippen LogP contribution in [0.2, 0.25) is 0 Å². The summed E-state index contributed by atoms with van der Waals surface area (Å²) in [6.07, 6.45) is 0.906. The van der Waals surface area contributed by atoms with E-state index in [-0.39, 0.29) is 5.63 Å². The molecule has 0 fully saturated rings. The van der Waals surface area contributed by atoms with Gasteiger partial charge in [0.15, 0.2) is 11.5 Å². The molecule has 0 aliphatic rings. The van der Waals surface area contributed by atoms with Gasteiger partial charge in [0.1, 0.15) is 12.1 Å². The number of nitrogens with one attached hydrogen (secondary N) is 1. The lowest BCUT2D eigenvalue weighted by Gasteiger charge is -2.16. The second kappa shape index (κ2) is 8.48. The highest BCUT2D eigenvalue weighted by Crippen LogP contribution is 2.27. The molecule has 0 spiro atoms.